The molecule has 0 bridgehead atoms. The van der Waals surface area contributed by atoms with E-state index >= 15 is 0 Å². The number of halogens is 4. The van der Waals surface area contributed by atoms with E-state index in [2.05, 4.69) is 91.0 Å². The van der Waals surface area contributed by atoms with Crippen LogP contribution in [0.15, 0.2) is 30.0 Å². The number of hydrogen-bond donors (Lipinski definition) is 4. The number of carbonyl (C=O) groups is 2. The van der Waals surface area contributed by atoms with E-state index in [-0.39, 0.29) is 41.2 Å². The Morgan fingerprint density at radius 3 is 1.64 bits per heavy atom. The van der Waals surface area contributed by atoms with Gasteiger partial charge in [-0.05, 0) is 41.5 Å². The van der Waals surface area contributed by atoms with E-state index < -0.39 is 13.6 Å². The van der Waals surface area contributed by atoms with Gasteiger partial charge in [-0.25, -0.2) is 15.0 Å². The Hall–Kier alpha value is -2.50. The molecule has 58 heavy (non-hydrogen) atoms. The number of carbonyl (C=O) groups excluding carboxylic acids is 2. The third-order valence-corrected chi connectivity index (χ3v) is 10.7. The molecule has 0 spiro atoms. The highest BCUT2D eigenvalue weighted by molar-refractivity contribution is 8.76. The van der Waals surface area contributed by atoms with E-state index in [9.17, 15) is 22.5 Å². The van der Waals surface area contributed by atoms with Crippen molar-refractivity contribution in [3.63, 3.8) is 0 Å². The van der Waals surface area contributed by atoms with Gasteiger partial charge in [0.2, 0.25) is 29.5 Å². The van der Waals surface area contributed by atoms with E-state index in [1.54, 1.807) is 21.6 Å². The average Bonchev–Trinajstić information content (AvgIpc) is 3.18. The summed E-state index contributed by atoms with van der Waals surface area (Å²) in [5.41, 5.74) is 3.20. The number of piperazine rings is 1. The molecule has 4 aliphatic rings. The van der Waals surface area contributed by atoms with Crippen LogP contribution in [0.25, 0.3) is 0 Å². The molecule has 0 unspecified atom stereocenters. The lowest BCUT2D eigenvalue weighted by Crippen LogP contribution is -3.00. The quantitative estimate of drug-likeness (QED) is 0.0550. The van der Waals surface area contributed by atoms with Crippen molar-refractivity contribution >= 4 is 101 Å². The molecule has 0 radical (unpaired) electrons. The molecule has 0 saturated carbocycles. The van der Waals surface area contributed by atoms with E-state index in [0.717, 1.165) is 66.2 Å². The van der Waals surface area contributed by atoms with Crippen LogP contribution >= 0.6 is 46.8 Å². The first kappa shape index (κ1) is 57.6. The summed E-state index contributed by atoms with van der Waals surface area (Å²) in [5.74, 6) is 4.68. The third kappa shape index (κ3) is 25.9. The van der Waals surface area contributed by atoms with E-state index in [1.165, 1.54) is 0 Å². The Bertz CT molecular complexity index is 1360. The zero-order valence-electron chi connectivity index (χ0n) is 35.1. The minimum atomic E-state index is -3.67. The normalized spacial score (nSPS) is 20.7. The largest absolute Gasteiger partial charge is 1.00 e. The molecular formula is C35H63BF4N8O6S4. The summed E-state index contributed by atoms with van der Waals surface area (Å²) in [6.45, 7) is 25.6. The second-order valence-corrected chi connectivity index (χ2v) is 15.1. The van der Waals surface area contributed by atoms with Gasteiger partial charge in [-0.2, -0.15) is 25.3 Å². The van der Waals surface area contributed by atoms with Crippen molar-refractivity contribution < 1.29 is 45.8 Å². The predicted octanol–water partition coefficient (Wildman–Crippen LogP) is 2.13. The number of hydrogen-bond acceptors (Lipinski definition) is 15. The van der Waals surface area contributed by atoms with Crippen molar-refractivity contribution in [2.24, 2.45) is 30.0 Å². The van der Waals surface area contributed by atoms with Crippen LogP contribution in [-0.2, 0) is 28.2 Å². The molecule has 334 valence electrons. The molecule has 1 fully saturated rings. The summed E-state index contributed by atoms with van der Waals surface area (Å²) >= 11 is 8.08. The first-order valence-corrected chi connectivity index (χ1v) is 22.7. The molecule has 0 aromatic rings. The molecular weight excluding hydrogens is 844 g/mol. The van der Waals surface area contributed by atoms with Gasteiger partial charge in [-0.3, -0.25) is 37.5 Å². The maximum absolute atomic E-state index is 10.8. The first-order chi connectivity index (χ1) is 27.2. The van der Waals surface area contributed by atoms with Gasteiger partial charge in [-0.15, -0.1) is 0 Å². The number of nitrogens with zero attached hydrogens (tertiary/aromatic N) is 6. The molecule has 2 amide bonds. The fourth-order valence-corrected chi connectivity index (χ4v) is 7.54. The zero-order chi connectivity index (χ0) is 43.2. The lowest BCUT2D eigenvalue weighted by molar-refractivity contribution is -0.133. The van der Waals surface area contributed by atoms with Crippen LogP contribution < -0.4 is 15.3 Å². The summed E-state index contributed by atoms with van der Waals surface area (Å²) in [6.07, 6.45) is 0. The van der Waals surface area contributed by atoms with Gasteiger partial charge < -0.3 is 33.9 Å². The molecule has 4 rings (SSSR count). The summed E-state index contributed by atoms with van der Waals surface area (Å²) in [5, 5.41) is 4.92. The minimum absolute atomic E-state index is 0. The fourth-order valence-electron chi connectivity index (χ4n) is 4.71. The van der Waals surface area contributed by atoms with Crippen molar-refractivity contribution in [2.45, 2.75) is 86.5 Å². The van der Waals surface area contributed by atoms with Gasteiger partial charge >= 0.3 is 7.54 Å². The Kier molecular flexibility index (Phi) is 35.0. The monoisotopic (exact) mass is 906 g/mol. The number of thiol groups is 2. The van der Waals surface area contributed by atoms with Crippen molar-refractivity contribution in [3.8, 4) is 0 Å². The first-order valence-electron chi connectivity index (χ1n) is 18.9. The van der Waals surface area contributed by atoms with E-state index in [4.69, 9.17) is 14.2 Å². The summed E-state index contributed by atoms with van der Waals surface area (Å²) in [4.78, 5) is 48.4. The lowest BCUT2D eigenvalue weighted by atomic mass is 10.2. The third-order valence-electron chi connectivity index (χ3n) is 7.58. The fraction of sp³-hybridized carbons (Fsp3) is 0.771. The molecule has 23 heteroatoms. The van der Waals surface area contributed by atoms with Crippen LogP contribution in [0.5, 0.6) is 0 Å². The van der Waals surface area contributed by atoms with E-state index in [0.29, 0.717) is 51.0 Å². The van der Waals surface area contributed by atoms with Gasteiger partial charge in [-0.1, -0.05) is 21.6 Å². The Balaban J connectivity index is 0. The van der Waals surface area contributed by atoms with Gasteiger partial charge in [0.15, 0.2) is 0 Å². The number of aliphatic imine (C=N–C) groups is 6. The second kappa shape index (κ2) is 35.3. The topological polar surface area (TPSA) is 163 Å². The molecule has 4 heterocycles. The van der Waals surface area contributed by atoms with Gasteiger partial charge in [0.05, 0.1) is 39.5 Å². The molecule has 1 saturated heterocycles. The highest BCUT2D eigenvalue weighted by atomic mass is 33.1. The van der Waals surface area contributed by atoms with Crippen LogP contribution in [0, 0.1) is 0 Å². The number of rotatable bonds is 13. The Morgan fingerprint density at radius 2 is 1.21 bits per heavy atom. The van der Waals surface area contributed by atoms with Gasteiger partial charge in [0, 0.05) is 60.9 Å². The highest BCUT2D eigenvalue weighted by Crippen LogP contribution is 2.27. The van der Waals surface area contributed by atoms with Gasteiger partial charge in [0.1, 0.15) is 50.5 Å². The van der Waals surface area contributed by atoms with Crippen molar-refractivity contribution in [2.75, 3.05) is 88.8 Å². The van der Waals surface area contributed by atoms with Crippen LogP contribution in [0.3, 0.4) is 0 Å². The minimum Gasteiger partial charge on any atom is -1.00 e. The molecule has 0 aromatic carbocycles. The summed E-state index contributed by atoms with van der Waals surface area (Å²) in [7, 11) is -0.0893. The Morgan fingerprint density at radius 1 is 0.724 bits per heavy atom. The van der Waals surface area contributed by atoms with Crippen molar-refractivity contribution in [3.05, 3.63) is 0 Å². The van der Waals surface area contributed by atoms with Crippen molar-refractivity contribution in [1.29, 1.82) is 0 Å². The summed E-state index contributed by atoms with van der Waals surface area (Å²) < 4.78 is 48.5. The lowest BCUT2D eigenvalue weighted by Gasteiger charge is -2.21. The van der Waals surface area contributed by atoms with Crippen LogP contribution in [0.2, 0.25) is 0 Å². The highest BCUT2D eigenvalue weighted by Gasteiger charge is 2.24. The molecule has 2 N–H and O–H groups in total. The molecule has 4 atom stereocenters. The maximum Gasteiger partial charge on any atom is 0.762 e. The smallest absolute Gasteiger partial charge is 0.762 e. The van der Waals surface area contributed by atoms with Crippen molar-refractivity contribution in [1.82, 2.24) is 10.6 Å². The predicted molar refractivity (Wildman–Crippen MR) is 242 cm³/mol. The average molecular weight is 907 g/mol. The second-order valence-electron chi connectivity index (χ2n) is 11.9. The number of ether oxygens (including phenoxy) is 3. The molecule has 0 aliphatic carbocycles. The van der Waals surface area contributed by atoms with E-state index in [1.807, 2.05) is 41.5 Å². The molecule has 0 aromatic heterocycles. The molecule has 14 nitrogen and oxygen atoms in total. The number of amides is 2. The number of nitrogens with one attached hydrogen (secondary N) is 2. The summed E-state index contributed by atoms with van der Waals surface area (Å²) in [6, 6.07) is -0.291. The van der Waals surface area contributed by atoms with Crippen LogP contribution in [-0.4, -0.2) is 167 Å². The maximum atomic E-state index is 10.8. The zero-order valence-corrected chi connectivity index (χ0v) is 38.6. The van der Waals surface area contributed by atoms with Gasteiger partial charge in [0.25, 0.3) is 0 Å². The van der Waals surface area contributed by atoms with Crippen LogP contribution in [0.1, 0.15) is 62.3 Å². The Labute approximate surface area is 361 Å². The standard InChI is InChI=1S/C16H26N4O2S2.C8H14N2OS.C6H15O.C5H8N2O2S.BF3.FH/c1-5-21-15-8-17-12(4)13(20-15)9-23-24-10-14-16(22-6-2)18-7-11(3)19-14;1-3-11-8-7(5-12)10-6(2)4-9-8;1-4-7(5-2)6-3;8-4-1-6-5(9)3(2-10)7-4;2-1(3)4;/h13-14H,5-10H2,1-4H3;7,12H,3-5H2,1-2H3;4-6H2,1-3H3;3,10H,1-2H2,(H,6,9)(H,7,8);;1H/q;;+1;;;/p-1/t13-,14+;7-;;3-;;/m10.0../s1. The molecule has 4 aliphatic heterocycles. The van der Waals surface area contributed by atoms with Crippen LogP contribution in [0.4, 0.5) is 12.9 Å². The SMILES string of the molecule is CCOC1=NCC(C)=N[C@H]1CS.CCOC1=N[C@H](CSSC[C@@H]2N=C(C)CN=C2OCC)C(C)=NC1.CC[O+](CC)CC.FB(F)F.O=C1CNC(=O)[C@H](CS)N1.[F-].